The number of hydrogen-bond donors (Lipinski definition) is 3. The number of nitrogens with zero attached hydrogens (tertiary/aromatic N) is 3. The van der Waals surface area contributed by atoms with Crippen molar-refractivity contribution < 1.29 is 24.2 Å². The van der Waals surface area contributed by atoms with Gasteiger partial charge in [-0.1, -0.05) is 30.2 Å². The molecule has 202 valence electrons. The van der Waals surface area contributed by atoms with Crippen LogP contribution in [-0.2, 0) is 16.1 Å². The fourth-order valence-electron chi connectivity index (χ4n) is 3.87. The first-order chi connectivity index (χ1) is 17.7. The third-order valence-electron chi connectivity index (χ3n) is 5.87. The zero-order valence-electron chi connectivity index (χ0n) is 21.5. The first kappa shape index (κ1) is 29.7. The van der Waals surface area contributed by atoms with Gasteiger partial charge in [0.15, 0.2) is 0 Å². The predicted octanol–water partition coefficient (Wildman–Crippen LogP) is 4.16. The van der Waals surface area contributed by atoms with E-state index < -0.39 is 6.09 Å². The number of aromatic nitrogens is 1. The van der Waals surface area contributed by atoms with Crippen molar-refractivity contribution in [1.82, 2.24) is 14.9 Å². The predicted molar refractivity (Wildman–Crippen MR) is 142 cm³/mol. The maximum Gasteiger partial charge on any atom is 0.410 e. The van der Waals surface area contributed by atoms with E-state index in [0.29, 0.717) is 28.7 Å². The van der Waals surface area contributed by atoms with E-state index in [9.17, 15) is 4.79 Å². The van der Waals surface area contributed by atoms with Crippen molar-refractivity contribution in [3.63, 3.8) is 0 Å². The summed E-state index contributed by atoms with van der Waals surface area (Å²) in [5, 5.41) is 8.87. The van der Waals surface area contributed by atoms with E-state index in [2.05, 4.69) is 4.98 Å². The molecule has 0 atom stereocenters. The van der Waals surface area contributed by atoms with Crippen LogP contribution >= 0.6 is 11.6 Å². The SMILES string of the molecule is Cc1nc(/C(N)=C(\COC(=O)N(C)Cc2ccc(Cl)cc2)N(C)N)ccc1OC1CCCCC1.O=CO. The van der Waals surface area contributed by atoms with Gasteiger partial charge in [-0.15, -0.1) is 0 Å². The minimum absolute atomic E-state index is 0.0936. The van der Waals surface area contributed by atoms with E-state index in [1.807, 2.05) is 25.1 Å². The van der Waals surface area contributed by atoms with Crippen LogP contribution in [0.4, 0.5) is 4.79 Å². The second-order valence-electron chi connectivity index (χ2n) is 8.77. The third kappa shape index (κ3) is 9.47. The first-order valence-electron chi connectivity index (χ1n) is 12.0. The molecular formula is C26H36ClN5O5. The number of hydrogen-bond acceptors (Lipinski definition) is 8. The highest BCUT2D eigenvalue weighted by Gasteiger charge is 2.19. The maximum absolute atomic E-state index is 12.5. The molecule has 5 N–H and O–H groups in total. The van der Waals surface area contributed by atoms with Gasteiger partial charge in [0.25, 0.3) is 6.47 Å². The Balaban J connectivity index is 0.00000153. The smallest absolute Gasteiger partial charge is 0.410 e. The molecule has 37 heavy (non-hydrogen) atoms. The van der Waals surface area contributed by atoms with E-state index in [1.54, 1.807) is 32.3 Å². The molecule has 0 saturated heterocycles. The van der Waals surface area contributed by atoms with Gasteiger partial charge in [-0.2, -0.15) is 0 Å². The molecule has 0 radical (unpaired) electrons. The van der Waals surface area contributed by atoms with Gasteiger partial charge in [0.2, 0.25) is 0 Å². The molecule has 10 nitrogen and oxygen atoms in total. The summed E-state index contributed by atoms with van der Waals surface area (Å²) in [7, 11) is 3.30. The molecule has 1 aliphatic rings. The van der Waals surface area contributed by atoms with E-state index in [4.69, 9.17) is 42.6 Å². The molecular weight excluding hydrogens is 498 g/mol. The molecule has 0 spiro atoms. The lowest BCUT2D eigenvalue weighted by Crippen LogP contribution is -2.33. The van der Waals surface area contributed by atoms with Gasteiger partial charge in [0, 0.05) is 25.7 Å². The quantitative estimate of drug-likeness (QED) is 0.259. The Morgan fingerprint density at radius 1 is 1.16 bits per heavy atom. The average Bonchev–Trinajstić information content (AvgIpc) is 2.87. The molecule has 0 unspecified atom stereocenters. The summed E-state index contributed by atoms with van der Waals surface area (Å²) >= 11 is 5.92. The van der Waals surface area contributed by atoms with Crippen molar-refractivity contribution in [1.29, 1.82) is 0 Å². The number of carbonyl (C=O) groups is 2. The Morgan fingerprint density at radius 3 is 2.35 bits per heavy atom. The summed E-state index contributed by atoms with van der Waals surface area (Å²) in [5.74, 6) is 6.76. The highest BCUT2D eigenvalue weighted by molar-refractivity contribution is 6.30. The summed E-state index contributed by atoms with van der Waals surface area (Å²) in [4.78, 5) is 27.0. The van der Waals surface area contributed by atoms with Crippen molar-refractivity contribution in [3.8, 4) is 5.75 Å². The Bertz CT molecular complexity index is 1060. The monoisotopic (exact) mass is 533 g/mol. The van der Waals surface area contributed by atoms with Gasteiger partial charge in [0.1, 0.15) is 12.4 Å². The number of nitrogens with two attached hydrogens (primary N) is 2. The number of halogens is 1. The van der Waals surface area contributed by atoms with Gasteiger partial charge < -0.3 is 30.2 Å². The lowest BCUT2D eigenvalue weighted by Gasteiger charge is -2.24. The molecule has 2 aromatic rings. The van der Waals surface area contributed by atoms with E-state index in [-0.39, 0.29) is 19.2 Å². The van der Waals surface area contributed by atoms with Crippen LogP contribution in [0.5, 0.6) is 5.75 Å². The fraction of sp³-hybridized carbons (Fsp3) is 0.423. The van der Waals surface area contributed by atoms with Crippen LogP contribution in [-0.4, -0.2) is 59.4 Å². The Morgan fingerprint density at radius 2 is 1.78 bits per heavy atom. The molecule has 1 fully saturated rings. The average molecular weight is 534 g/mol. The fourth-order valence-corrected chi connectivity index (χ4v) is 4.00. The number of amides is 1. The number of carbonyl (C=O) groups excluding carboxylic acids is 1. The topological polar surface area (TPSA) is 144 Å². The van der Waals surface area contributed by atoms with Gasteiger partial charge in [-0.25, -0.2) is 15.6 Å². The molecule has 1 amide bonds. The standard InChI is InChI=1S/C25H34ClN5O3.CH2O2/c1-17-23(34-20-7-5-4-6-8-20)14-13-21(29-17)24(27)22(31(3)28)16-33-25(32)30(2)15-18-9-11-19(26)12-10-18;2-1-3/h9-14,20H,4-8,15-16,27-28H2,1-3H3;1H,(H,2,3)/b24-22-;. The second-order valence-corrected chi connectivity index (χ2v) is 9.21. The minimum atomic E-state index is -0.498. The van der Waals surface area contributed by atoms with Crippen molar-refractivity contribution in [2.24, 2.45) is 11.6 Å². The van der Waals surface area contributed by atoms with Crippen LogP contribution < -0.4 is 16.3 Å². The highest BCUT2D eigenvalue weighted by Crippen LogP contribution is 2.26. The van der Waals surface area contributed by atoms with Gasteiger partial charge in [-0.05, 0) is 62.4 Å². The summed E-state index contributed by atoms with van der Waals surface area (Å²) in [6.45, 7) is 1.93. The molecule has 1 heterocycles. The van der Waals surface area contributed by atoms with Crippen LogP contribution in [0.3, 0.4) is 0 Å². The van der Waals surface area contributed by atoms with Gasteiger partial charge >= 0.3 is 6.09 Å². The first-order valence-corrected chi connectivity index (χ1v) is 12.4. The number of aryl methyl sites for hydroxylation is 1. The number of ether oxygens (including phenoxy) is 2. The van der Waals surface area contributed by atoms with E-state index in [0.717, 1.165) is 29.8 Å². The molecule has 1 aromatic heterocycles. The van der Waals surface area contributed by atoms with Crippen LogP contribution in [0, 0.1) is 6.92 Å². The number of hydrazine groups is 1. The maximum atomic E-state index is 12.5. The summed E-state index contributed by atoms with van der Waals surface area (Å²) in [5.41, 5.74) is 9.40. The van der Waals surface area contributed by atoms with Gasteiger partial charge in [-0.3, -0.25) is 4.79 Å². The van der Waals surface area contributed by atoms with E-state index in [1.165, 1.54) is 29.2 Å². The third-order valence-corrected chi connectivity index (χ3v) is 6.12. The largest absolute Gasteiger partial charge is 0.489 e. The Labute approximate surface area is 222 Å². The molecule has 0 aliphatic heterocycles. The summed E-state index contributed by atoms with van der Waals surface area (Å²) in [6.07, 6.45) is 5.56. The second kappa shape index (κ2) is 14.9. The van der Waals surface area contributed by atoms with E-state index >= 15 is 0 Å². The van der Waals surface area contributed by atoms with Crippen LogP contribution in [0.1, 0.15) is 49.1 Å². The number of likely N-dealkylation sites (N-methyl/N-ethyl adjacent to an activating group) is 1. The number of pyridine rings is 1. The Kier molecular flexibility index (Phi) is 12.0. The highest BCUT2D eigenvalue weighted by atomic mass is 35.5. The van der Waals surface area contributed by atoms with Crippen LogP contribution in [0.2, 0.25) is 5.02 Å². The number of benzene rings is 1. The van der Waals surface area contributed by atoms with Gasteiger partial charge in [0.05, 0.1) is 28.9 Å². The summed E-state index contributed by atoms with van der Waals surface area (Å²) in [6, 6.07) is 11.0. The van der Waals surface area contributed by atoms with Crippen molar-refractivity contribution in [2.75, 3.05) is 20.7 Å². The van der Waals surface area contributed by atoms with Crippen molar-refractivity contribution in [3.05, 3.63) is 64.1 Å². The normalized spacial score (nSPS) is 14.0. The molecule has 3 rings (SSSR count). The molecule has 1 aromatic carbocycles. The minimum Gasteiger partial charge on any atom is -0.489 e. The molecule has 1 saturated carbocycles. The number of rotatable bonds is 8. The lowest BCUT2D eigenvalue weighted by atomic mass is 9.98. The zero-order chi connectivity index (χ0) is 27.4. The van der Waals surface area contributed by atoms with Crippen molar-refractivity contribution in [2.45, 2.75) is 51.7 Å². The van der Waals surface area contributed by atoms with Crippen LogP contribution in [0.25, 0.3) is 5.70 Å². The molecule has 0 bridgehead atoms. The lowest BCUT2D eigenvalue weighted by molar-refractivity contribution is -0.122. The zero-order valence-corrected chi connectivity index (χ0v) is 22.3. The summed E-state index contributed by atoms with van der Waals surface area (Å²) < 4.78 is 11.6. The molecule has 1 aliphatic carbocycles. The molecule has 11 heteroatoms. The van der Waals surface area contributed by atoms with Crippen LogP contribution in [0.15, 0.2) is 42.1 Å². The van der Waals surface area contributed by atoms with Crippen molar-refractivity contribution >= 4 is 29.9 Å². The Hall–Kier alpha value is -3.50. The number of carboxylic acid groups (broad SMARTS) is 1.